The fourth-order valence-corrected chi connectivity index (χ4v) is 4.30. The number of methoxy groups -OCH3 is 1. The first-order valence-corrected chi connectivity index (χ1v) is 9.73. The molecule has 1 aromatic carbocycles. The van der Waals surface area contributed by atoms with E-state index in [2.05, 4.69) is 5.10 Å². The quantitative estimate of drug-likeness (QED) is 0.654. The molecule has 4 rings (SSSR count). The van der Waals surface area contributed by atoms with Crippen molar-refractivity contribution in [1.29, 1.82) is 0 Å². The fourth-order valence-electron chi connectivity index (χ4n) is 3.52. The topological polar surface area (TPSA) is 73.6 Å². The van der Waals surface area contributed by atoms with Crippen LogP contribution in [0.15, 0.2) is 35.8 Å². The minimum Gasteiger partial charge on any atom is -0.496 e. The van der Waals surface area contributed by atoms with Gasteiger partial charge >= 0.3 is 5.97 Å². The van der Waals surface area contributed by atoms with E-state index in [-0.39, 0.29) is 6.42 Å². The van der Waals surface area contributed by atoms with Crippen molar-refractivity contribution < 1.29 is 19.4 Å². The summed E-state index contributed by atoms with van der Waals surface area (Å²) in [4.78, 5) is 12.0. The van der Waals surface area contributed by atoms with Gasteiger partial charge in [-0.3, -0.25) is 9.48 Å². The SMILES string of the molecule is COc1ccc(Oc2cnn(CCC(=O)O)c2-c2cccs2)c2c1CCC2. The van der Waals surface area contributed by atoms with Gasteiger partial charge in [0, 0.05) is 11.1 Å². The van der Waals surface area contributed by atoms with Crippen LogP contribution in [0.3, 0.4) is 0 Å². The normalized spacial score (nSPS) is 12.8. The smallest absolute Gasteiger partial charge is 0.305 e. The molecule has 0 saturated carbocycles. The van der Waals surface area contributed by atoms with Gasteiger partial charge in [0.15, 0.2) is 5.75 Å². The van der Waals surface area contributed by atoms with Crippen molar-refractivity contribution in [3.8, 4) is 27.8 Å². The van der Waals surface area contributed by atoms with Gasteiger partial charge in [0.25, 0.3) is 0 Å². The lowest BCUT2D eigenvalue weighted by molar-refractivity contribution is -0.137. The summed E-state index contributed by atoms with van der Waals surface area (Å²) in [6.45, 7) is 0.298. The van der Waals surface area contributed by atoms with Gasteiger partial charge in [0.2, 0.25) is 0 Å². The summed E-state index contributed by atoms with van der Waals surface area (Å²) < 4.78 is 13.5. The molecule has 0 radical (unpaired) electrons. The molecule has 0 bridgehead atoms. The number of hydrogen-bond donors (Lipinski definition) is 1. The van der Waals surface area contributed by atoms with Crippen molar-refractivity contribution in [2.75, 3.05) is 7.11 Å². The van der Waals surface area contributed by atoms with Gasteiger partial charge in [-0.25, -0.2) is 0 Å². The molecule has 1 aliphatic carbocycles. The minimum absolute atomic E-state index is 0.0113. The van der Waals surface area contributed by atoms with Crippen molar-refractivity contribution in [1.82, 2.24) is 9.78 Å². The molecule has 7 heteroatoms. The van der Waals surface area contributed by atoms with Crippen molar-refractivity contribution in [3.05, 3.63) is 47.0 Å². The number of thiophene rings is 1. The van der Waals surface area contributed by atoms with Gasteiger partial charge in [0.05, 0.1) is 31.1 Å². The zero-order chi connectivity index (χ0) is 18.8. The van der Waals surface area contributed by atoms with E-state index >= 15 is 0 Å². The van der Waals surface area contributed by atoms with Gasteiger partial charge in [-0.05, 0) is 42.8 Å². The average Bonchev–Trinajstić information content (AvgIpc) is 3.40. The Balaban J connectivity index is 1.71. The number of benzene rings is 1. The van der Waals surface area contributed by atoms with Crippen LogP contribution >= 0.6 is 11.3 Å². The Hall–Kier alpha value is -2.80. The first kappa shape index (κ1) is 17.6. The molecular formula is C20H20N2O4S. The second-order valence-electron chi connectivity index (χ2n) is 6.38. The number of carboxylic acids is 1. The van der Waals surface area contributed by atoms with E-state index in [9.17, 15) is 4.79 Å². The molecule has 0 atom stereocenters. The van der Waals surface area contributed by atoms with Crippen molar-refractivity contribution in [2.45, 2.75) is 32.2 Å². The van der Waals surface area contributed by atoms with E-state index in [1.807, 2.05) is 29.6 Å². The molecule has 2 heterocycles. The lowest BCUT2D eigenvalue weighted by Crippen LogP contribution is -2.07. The van der Waals surface area contributed by atoms with Crippen molar-refractivity contribution >= 4 is 17.3 Å². The molecule has 0 amide bonds. The summed E-state index contributed by atoms with van der Waals surface area (Å²) in [5.74, 6) is 1.52. The number of aryl methyl sites for hydroxylation is 1. The van der Waals surface area contributed by atoms with Gasteiger partial charge in [-0.15, -0.1) is 11.3 Å². The number of aliphatic carboxylic acids is 1. The Bertz CT molecular complexity index is 963. The third kappa shape index (κ3) is 3.42. The summed E-state index contributed by atoms with van der Waals surface area (Å²) in [6, 6.07) is 7.84. The third-order valence-electron chi connectivity index (χ3n) is 4.74. The predicted octanol–water partition coefficient (Wildman–Crippen LogP) is 4.38. The highest BCUT2D eigenvalue weighted by Gasteiger charge is 2.23. The van der Waals surface area contributed by atoms with Gasteiger partial charge in [-0.2, -0.15) is 5.10 Å². The number of rotatable bonds is 7. The lowest BCUT2D eigenvalue weighted by Gasteiger charge is -2.14. The molecular weight excluding hydrogens is 364 g/mol. The predicted molar refractivity (Wildman–Crippen MR) is 103 cm³/mol. The first-order valence-electron chi connectivity index (χ1n) is 8.85. The van der Waals surface area contributed by atoms with Crippen LogP contribution in [0, 0.1) is 0 Å². The van der Waals surface area contributed by atoms with Crippen molar-refractivity contribution in [2.24, 2.45) is 0 Å². The lowest BCUT2D eigenvalue weighted by atomic mass is 10.1. The monoisotopic (exact) mass is 384 g/mol. The van der Waals surface area contributed by atoms with Crippen LogP contribution in [-0.4, -0.2) is 28.0 Å². The molecule has 0 saturated heterocycles. The fraction of sp³-hybridized carbons (Fsp3) is 0.300. The maximum absolute atomic E-state index is 11.0. The summed E-state index contributed by atoms with van der Waals surface area (Å²) in [6.07, 6.45) is 4.72. The molecule has 6 nitrogen and oxygen atoms in total. The largest absolute Gasteiger partial charge is 0.496 e. The molecule has 27 heavy (non-hydrogen) atoms. The summed E-state index contributed by atoms with van der Waals surface area (Å²) in [7, 11) is 1.69. The number of carboxylic acid groups (broad SMARTS) is 1. The highest BCUT2D eigenvalue weighted by Crippen LogP contribution is 2.41. The van der Waals surface area contributed by atoms with E-state index in [0.717, 1.165) is 41.3 Å². The van der Waals surface area contributed by atoms with Gasteiger partial charge < -0.3 is 14.6 Å². The zero-order valence-electron chi connectivity index (χ0n) is 15.0. The summed E-state index contributed by atoms with van der Waals surface area (Å²) in [5.41, 5.74) is 3.21. The number of nitrogens with zero attached hydrogens (tertiary/aromatic N) is 2. The third-order valence-corrected chi connectivity index (χ3v) is 5.61. The Morgan fingerprint density at radius 3 is 2.70 bits per heavy atom. The molecule has 1 N–H and O–H groups in total. The Morgan fingerprint density at radius 2 is 2.00 bits per heavy atom. The standard InChI is InChI=1S/C20H20N2O4S/c1-25-15-7-8-16(14-5-2-4-13(14)15)26-17-12-21-22(10-9-19(23)24)20(17)18-6-3-11-27-18/h3,6-8,11-12H,2,4-5,9-10H2,1H3,(H,23,24). The maximum Gasteiger partial charge on any atom is 0.305 e. The Labute approximate surface area is 161 Å². The maximum atomic E-state index is 11.0. The average molecular weight is 384 g/mol. The molecule has 0 fully saturated rings. The van der Waals surface area contributed by atoms with Crippen LogP contribution in [0.5, 0.6) is 17.2 Å². The Morgan fingerprint density at radius 1 is 1.22 bits per heavy atom. The Kier molecular flexibility index (Phi) is 4.85. The van der Waals surface area contributed by atoms with E-state index in [4.69, 9.17) is 14.6 Å². The van der Waals surface area contributed by atoms with E-state index in [1.54, 1.807) is 29.3 Å². The van der Waals surface area contributed by atoms with E-state index < -0.39 is 5.97 Å². The summed E-state index contributed by atoms with van der Waals surface area (Å²) in [5, 5.41) is 15.4. The molecule has 2 aromatic heterocycles. The van der Waals surface area contributed by atoms with Gasteiger partial charge in [0.1, 0.15) is 17.2 Å². The second kappa shape index (κ2) is 7.44. The number of hydrogen-bond acceptors (Lipinski definition) is 5. The first-order chi connectivity index (χ1) is 13.2. The number of carbonyl (C=O) groups is 1. The molecule has 0 unspecified atom stereocenters. The van der Waals surface area contributed by atoms with Crippen LogP contribution < -0.4 is 9.47 Å². The van der Waals surface area contributed by atoms with Crippen molar-refractivity contribution in [3.63, 3.8) is 0 Å². The van der Waals surface area contributed by atoms with E-state index in [0.29, 0.717) is 12.3 Å². The highest BCUT2D eigenvalue weighted by molar-refractivity contribution is 7.13. The second-order valence-corrected chi connectivity index (χ2v) is 7.33. The number of aromatic nitrogens is 2. The number of ether oxygens (including phenoxy) is 2. The van der Waals surface area contributed by atoms with Crippen LogP contribution in [0.1, 0.15) is 24.0 Å². The summed E-state index contributed by atoms with van der Waals surface area (Å²) >= 11 is 1.58. The molecule has 3 aromatic rings. The molecule has 0 spiro atoms. The van der Waals surface area contributed by atoms with E-state index in [1.165, 1.54) is 11.1 Å². The molecule has 140 valence electrons. The number of fused-ring (bicyclic) bond motifs is 1. The molecule has 0 aliphatic heterocycles. The minimum atomic E-state index is -0.849. The van der Waals surface area contributed by atoms with Crippen LogP contribution in [0.25, 0.3) is 10.6 Å². The van der Waals surface area contributed by atoms with Crippen LogP contribution in [-0.2, 0) is 24.2 Å². The van der Waals surface area contributed by atoms with Crippen LogP contribution in [0.4, 0.5) is 0 Å². The van der Waals surface area contributed by atoms with Crippen LogP contribution in [0.2, 0.25) is 0 Å². The molecule has 1 aliphatic rings. The zero-order valence-corrected chi connectivity index (χ0v) is 15.8. The van der Waals surface area contributed by atoms with Gasteiger partial charge in [-0.1, -0.05) is 6.07 Å². The highest BCUT2D eigenvalue weighted by atomic mass is 32.1.